The van der Waals surface area contributed by atoms with Crippen molar-refractivity contribution in [3.8, 4) is 11.5 Å². The highest BCUT2D eigenvalue weighted by Gasteiger charge is 2.19. The van der Waals surface area contributed by atoms with Crippen molar-refractivity contribution in [2.75, 3.05) is 19.5 Å². The highest BCUT2D eigenvalue weighted by atomic mass is 32.2. The number of rotatable bonds is 6. The minimum atomic E-state index is -3.72. The molecule has 3 rings (SSSR count). The van der Waals surface area contributed by atoms with Gasteiger partial charge >= 0.3 is 0 Å². The molecule has 0 spiro atoms. The maximum Gasteiger partial charge on any atom is 0.240 e. The van der Waals surface area contributed by atoms with E-state index in [1.165, 1.54) is 13.2 Å². The van der Waals surface area contributed by atoms with Gasteiger partial charge in [0.2, 0.25) is 15.9 Å². The molecule has 0 saturated heterocycles. The van der Waals surface area contributed by atoms with Gasteiger partial charge in [0.15, 0.2) is 0 Å². The first-order valence-corrected chi connectivity index (χ1v) is 10.0. The number of anilines is 1. The van der Waals surface area contributed by atoms with Crippen molar-refractivity contribution < 1.29 is 22.7 Å². The Morgan fingerprint density at radius 3 is 2.63 bits per heavy atom. The summed E-state index contributed by atoms with van der Waals surface area (Å²) in [5.41, 5.74) is 2.16. The normalized spacial score (nSPS) is 14.1. The van der Waals surface area contributed by atoms with E-state index in [2.05, 4.69) is 10.0 Å². The van der Waals surface area contributed by atoms with E-state index in [1.54, 1.807) is 37.4 Å². The SMILES string of the molecule is COc1ccc(OC)c(CNS(=O)(=O)c2ccc3c(c2)CCCC(=O)N3)c1. The molecule has 2 N–H and O–H groups in total. The number of nitrogens with one attached hydrogen (secondary N) is 2. The molecule has 0 unspecified atom stereocenters. The van der Waals surface area contributed by atoms with Gasteiger partial charge in [0.25, 0.3) is 0 Å². The largest absolute Gasteiger partial charge is 0.497 e. The van der Waals surface area contributed by atoms with E-state index >= 15 is 0 Å². The molecule has 2 aromatic carbocycles. The number of methoxy groups -OCH3 is 2. The minimum absolute atomic E-state index is 0.0485. The lowest BCUT2D eigenvalue weighted by molar-refractivity contribution is -0.116. The Bertz CT molecular complexity index is 957. The molecule has 1 aliphatic heterocycles. The zero-order valence-electron chi connectivity index (χ0n) is 15.2. The van der Waals surface area contributed by atoms with Crippen LogP contribution in [0.4, 0.5) is 5.69 Å². The van der Waals surface area contributed by atoms with Crippen LogP contribution in [0.3, 0.4) is 0 Å². The lowest BCUT2D eigenvalue weighted by Crippen LogP contribution is -2.23. The van der Waals surface area contributed by atoms with Crippen molar-refractivity contribution in [3.63, 3.8) is 0 Å². The monoisotopic (exact) mass is 390 g/mol. The van der Waals surface area contributed by atoms with Crippen molar-refractivity contribution in [2.45, 2.75) is 30.7 Å². The number of hydrogen-bond donors (Lipinski definition) is 2. The second kappa shape index (κ2) is 7.98. The summed E-state index contributed by atoms with van der Waals surface area (Å²) in [6.45, 7) is 0.0660. The summed E-state index contributed by atoms with van der Waals surface area (Å²) in [7, 11) is -0.647. The molecule has 0 fully saturated rings. The Kier molecular flexibility index (Phi) is 5.67. The summed E-state index contributed by atoms with van der Waals surface area (Å²) in [6.07, 6.45) is 1.78. The average Bonchev–Trinajstić information content (AvgIpc) is 2.86. The quantitative estimate of drug-likeness (QED) is 0.790. The van der Waals surface area contributed by atoms with Crippen molar-refractivity contribution in [2.24, 2.45) is 0 Å². The summed E-state index contributed by atoms with van der Waals surface area (Å²) >= 11 is 0. The number of amides is 1. The number of carbonyl (C=O) groups is 1. The van der Waals surface area contributed by atoms with Crippen LogP contribution in [0.15, 0.2) is 41.3 Å². The van der Waals surface area contributed by atoms with Crippen LogP contribution in [0.1, 0.15) is 24.0 Å². The summed E-state index contributed by atoms with van der Waals surface area (Å²) in [5.74, 6) is 1.14. The van der Waals surface area contributed by atoms with Gasteiger partial charge in [-0.05, 0) is 54.8 Å². The maximum atomic E-state index is 12.7. The van der Waals surface area contributed by atoms with Crippen LogP contribution >= 0.6 is 0 Å². The lowest BCUT2D eigenvalue weighted by Gasteiger charge is -2.13. The summed E-state index contributed by atoms with van der Waals surface area (Å²) < 4.78 is 38.5. The fourth-order valence-corrected chi connectivity index (χ4v) is 4.05. The molecule has 0 aliphatic carbocycles. The van der Waals surface area contributed by atoms with Crippen molar-refractivity contribution in [3.05, 3.63) is 47.5 Å². The lowest BCUT2D eigenvalue weighted by atomic mass is 10.1. The van der Waals surface area contributed by atoms with Crippen LogP contribution in [-0.4, -0.2) is 28.5 Å². The molecule has 0 bridgehead atoms. The first kappa shape index (κ1) is 19.2. The average molecular weight is 390 g/mol. The third-order valence-electron chi connectivity index (χ3n) is 4.45. The van der Waals surface area contributed by atoms with E-state index in [9.17, 15) is 13.2 Å². The molecular weight excluding hydrogens is 368 g/mol. The fourth-order valence-electron chi connectivity index (χ4n) is 2.99. The first-order chi connectivity index (χ1) is 12.9. The molecule has 144 valence electrons. The molecule has 1 amide bonds. The number of hydrogen-bond acceptors (Lipinski definition) is 5. The van der Waals surface area contributed by atoms with Crippen LogP contribution in [0.2, 0.25) is 0 Å². The van der Waals surface area contributed by atoms with Crippen LogP contribution in [0.5, 0.6) is 11.5 Å². The van der Waals surface area contributed by atoms with E-state index in [0.29, 0.717) is 42.0 Å². The van der Waals surface area contributed by atoms with Gasteiger partial charge in [0.05, 0.1) is 19.1 Å². The predicted molar refractivity (Wildman–Crippen MR) is 102 cm³/mol. The molecule has 0 atom stereocenters. The predicted octanol–water partition coefficient (Wildman–Crippen LogP) is 2.46. The van der Waals surface area contributed by atoms with Gasteiger partial charge in [-0.1, -0.05) is 0 Å². The standard InChI is InChI=1S/C19H22N2O5S/c1-25-15-6-9-18(26-2)14(10-15)12-20-27(23,24)16-7-8-17-13(11-16)4-3-5-19(22)21-17/h6-11,20H,3-5,12H2,1-2H3,(H,21,22). The third kappa shape index (κ3) is 4.40. The second-order valence-electron chi connectivity index (χ2n) is 6.22. The summed E-state index contributed by atoms with van der Waals surface area (Å²) in [6, 6.07) is 9.96. The van der Waals surface area contributed by atoms with Gasteiger partial charge < -0.3 is 14.8 Å². The van der Waals surface area contributed by atoms with Crippen molar-refractivity contribution in [1.29, 1.82) is 0 Å². The molecule has 0 radical (unpaired) electrons. The molecular formula is C19H22N2O5S. The Balaban J connectivity index is 1.82. The molecule has 8 heteroatoms. The zero-order chi connectivity index (χ0) is 19.4. The number of fused-ring (bicyclic) bond motifs is 1. The summed E-state index contributed by atoms with van der Waals surface area (Å²) in [4.78, 5) is 11.8. The molecule has 0 aromatic heterocycles. The number of sulfonamides is 1. The molecule has 27 heavy (non-hydrogen) atoms. The molecule has 1 heterocycles. The van der Waals surface area contributed by atoms with E-state index in [4.69, 9.17) is 9.47 Å². The Labute approximate surface area is 158 Å². The number of carbonyl (C=O) groups excluding carboxylic acids is 1. The van der Waals surface area contributed by atoms with Crippen LogP contribution < -0.4 is 19.5 Å². The van der Waals surface area contributed by atoms with Gasteiger partial charge in [-0.3, -0.25) is 4.79 Å². The number of aryl methyl sites for hydroxylation is 1. The highest BCUT2D eigenvalue weighted by Crippen LogP contribution is 2.27. The van der Waals surface area contributed by atoms with Gasteiger partial charge in [0, 0.05) is 24.2 Å². The molecule has 7 nitrogen and oxygen atoms in total. The fraction of sp³-hybridized carbons (Fsp3) is 0.316. The van der Waals surface area contributed by atoms with E-state index in [0.717, 1.165) is 5.56 Å². The first-order valence-electron chi connectivity index (χ1n) is 8.56. The number of ether oxygens (including phenoxy) is 2. The van der Waals surface area contributed by atoms with Crippen molar-refractivity contribution in [1.82, 2.24) is 4.72 Å². The van der Waals surface area contributed by atoms with E-state index in [-0.39, 0.29) is 17.3 Å². The number of benzene rings is 2. The third-order valence-corrected chi connectivity index (χ3v) is 5.85. The topological polar surface area (TPSA) is 93.7 Å². The van der Waals surface area contributed by atoms with Crippen LogP contribution in [-0.2, 0) is 27.8 Å². The Morgan fingerprint density at radius 1 is 1.07 bits per heavy atom. The molecule has 1 aliphatic rings. The van der Waals surface area contributed by atoms with Gasteiger partial charge in [-0.2, -0.15) is 0 Å². The van der Waals surface area contributed by atoms with Gasteiger partial charge in [-0.25, -0.2) is 13.1 Å². The smallest absolute Gasteiger partial charge is 0.240 e. The van der Waals surface area contributed by atoms with Gasteiger partial charge in [0.1, 0.15) is 11.5 Å². The second-order valence-corrected chi connectivity index (χ2v) is 7.99. The van der Waals surface area contributed by atoms with E-state index < -0.39 is 10.0 Å². The highest BCUT2D eigenvalue weighted by molar-refractivity contribution is 7.89. The maximum absolute atomic E-state index is 12.7. The molecule has 2 aromatic rings. The van der Waals surface area contributed by atoms with Crippen LogP contribution in [0, 0.1) is 0 Å². The minimum Gasteiger partial charge on any atom is -0.497 e. The summed E-state index contributed by atoms with van der Waals surface area (Å²) in [5, 5.41) is 2.80. The van der Waals surface area contributed by atoms with Gasteiger partial charge in [-0.15, -0.1) is 0 Å². The zero-order valence-corrected chi connectivity index (χ0v) is 16.1. The van der Waals surface area contributed by atoms with Crippen molar-refractivity contribution >= 4 is 21.6 Å². The molecule has 0 saturated carbocycles. The Morgan fingerprint density at radius 2 is 1.89 bits per heavy atom. The Hall–Kier alpha value is -2.58. The van der Waals surface area contributed by atoms with E-state index in [1.807, 2.05) is 0 Å². The van der Waals surface area contributed by atoms with Crippen LogP contribution in [0.25, 0.3) is 0 Å².